The van der Waals surface area contributed by atoms with E-state index in [1.165, 1.54) is 24.1 Å². The minimum Gasteiger partial charge on any atom is -0.381 e. The second-order valence-corrected chi connectivity index (χ2v) is 5.92. The van der Waals surface area contributed by atoms with Crippen molar-refractivity contribution in [2.24, 2.45) is 5.92 Å². The van der Waals surface area contributed by atoms with E-state index in [1.54, 1.807) is 0 Å². The van der Waals surface area contributed by atoms with Crippen LogP contribution in [0.4, 0.5) is 5.82 Å². The highest BCUT2D eigenvalue weighted by Gasteiger charge is 2.17. The second-order valence-electron chi connectivity index (χ2n) is 5.92. The van der Waals surface area contributed by atoms with Gasteiger partial charge in [0.2, 0.25) is 0 Å². The highest BCUT2D eigenvalue weighted by molar-refractivity contribution is 5.42. The zero-order chi connectivity index (χ0) is 15.1. The Bertz CT molecular complexity index is 430. The quantitative estimate of drug-likeness (QED) is 0.838. The van der Waals surface area contributed by atoms with Crippen molar-refractivity contribution < 1.29 is 4.74 Å². The fourth-order valence-electron chi connectivity index (χ4n) is 2.81. The number of anilines is 1. The third kappa shape index (κ3) is 4.97. The van der Waals surface area contributed by atoms with E-state index in [0.29, 0.717) is 5.92 Å². The Morgan fingerprint density at radius 2 is 2.24 bits per heavy atom. The zero-order valence-corrected chi connectivity index (χ0v) is 13.7. The highest BCUT2D eigenvalue weighted by Crippen LogP contribution is 2.19. The maximum absolute atomic E-state index is 5.58. The van der Waals surface area contributed by atoms with Crippen LogP contribution in [-0.2, 0) is 17.7 Å². The summed E-state index contributed by atoms with van der Waals surface area (Å²) in [4.78, 5) is 7.07. The summed E-state index contributed by atoms with van der Waals surface area (Å²) in [5.74, 6) is 1.72. The van der Waals surface area contributed by atoms with E-state index >= 15 is 0 Å². The van der Waals surface area contributed by atoms with Crippen LogP contribution in [0.3, 0.4) is 0 Å². The molecule has 1 fully saturated rings. The van der Waals surface area contributed by atoms with Crippen molar-refractivity contribution in [3.63, 3.8) is 0 Å². The predicted molar refractivity (Wildman–Crippen MR) is 87.8 cm³/mol. The van der Waals surface area contributed by atoms with E-state index in [2.05, 4.69) is 43.2 Å². The highest BCUT2D eigenvalue weighted by atomic mass is 16.5. The van der Waals surface area contributed by atoms with E-state index in [1.807, 2.05) is 0 Å². The molecule has 0 aromatic carbocycles. The predicted octanol–water partition coefficient (Wildman–Crippen LogP) is 2.62. The monoisotopic (exact) mass is 291 g/mol. The van der Waals surface area contributed by atoms with Crippen molar-refractivity contribution >= 4 is 5.82 Å². The van der Waals surface area contributed by atoms with Gasteiger partial charge in [0, 0.05) is 32.4 Å². The van der Waals surface area contributed by atoms with E-state index in [4.69, 9.17) is 9.72 Å². The minimum absolute atomic E-state index is 0.632. The molecule has 21 heavy (non-hydrogen) atoms. The van der Waals surface area contributed by atoms with Gasteiger partial charge in [0.05, 0.1) is 6.61 Å². The summed E-state index contributed by atoms with van der Waals surface area (Å²) in [6.45, 7) is 9.06. The van der Waals surface area contributed by atoms with Gasteiger partial charge in [-0.25, -0.2) is 4.98 Å². The lowest BCUT2D eigenvalue weighted by molar-refractivity contribution is 0.0576. The molecule has 1 aliphatic rings. The van der Waals surface area contributed by atoms with Gasteiger partial charge in [0.1, 0.15) is 5.82 Å². The normalized spacial score (nSPS) is 18.7. The molecule has 4 heteroatoms. The molecule has 0 radical (unpaired) electrons. The van der Waals surface area contributed by atoms with Crippen LogP contribution < -0.4 is 10.2 Å². The number of rotatable bonds is 7. The molecule has 118 valence electrons. The molecule has 2 rings (SSSR count). The Hall–Kier alpha value is -1.13. The summed E-state index contributed by atoms with van der Waals surface area (Å²) < 4.78 is 5.58. The standard InChI is InChI=1S/C17H29N3O/c1-4-16-9-15(11-18-5-2)10-17(19-16)20(3)12-14-7-6-8-21-13-14/h9-10,14,18H,4-8,11-13H2,1-3H3. The summed E-state index contributed by atoms with van der Waals surface area (Å²) >= 11 is 0. The SMILES string of the molecule is CCNCc1cc(CC)nc(N(C)CC2CCCOC2)c1. The van der Waals surface area contributed by atoms with Crippen molar-refractivity contribution in [3.8, 4) is 0 Å². The Morgan fingerprint density at radius 3 is 2.90 bits per heavy atom. The molecule has 1 aromatic heterocycles. The molecule has 0 spiro atoms. The van der Waals surface area contributed by atoms with Crippen LogP contribution in [0.2, 0.25) is 0 Å². The number of aryl methyl sites for hydroxylation is 1. The molecular formula is C17H29N3O. The number of hydrogen-bond donors (Lipinski definition) is 1. The van der Waals surface area contributed by atoms with Gasteiger partial charge in [-0.1, -0.05) is 13.8 Å². The number of pyridine rings is 1. The molecule has 4 nitrogen and oxygen atoms in total. The third-order valence-corrected chi connectivity index (χ3v) is 4.04. The lowest BCUT2D eigenvalue weighted by Crippen LogP contribution is -2.31. The van der Waals surface area contributed by atoms with Gasteiger partial charge < -0.3 is 15.0 Å². The lowest BCUT2D eigenvalue weighted by Gasteiger charge is -2.28. The van der Waals surface area contributed by atoms with Crippen LogP contribution in [0, 0.1) is 5.92 Å². The average molecular weight is 291 g/mol. The number of nitrogens with one attached hydrogen (secondary N) is 1. The zero-order valence-electron chi connectivity index (χ0n) is 13.7. The van der Waals surface area contributed by atoms with Gasteiger partial charge in [0.15, 0.2) is 0 Å². The Morgan fingerprint density at radius 1 is 1.38 bits per heavy atom. The first-order chi connectivity index (χ1) is 10.2. The van der Waals surface area contributed by atoms with Crippen molar-refractivity contribution in [1.82, 2.24) is 10.3 Å². The minimum atomic E-state index is 0.632. The lowest BCUT2D eigenvalue weighted by atomic mass is 10.0. The molecule has 1 unspecified atom stereocenters. The number of aromatic nitrogens is 1. The molecule has 1 N–H and O–H groups in total. The largest absolute Gasteiger partial charge is 0.381 e. The first-order valence-electron chi connectivity index (χ1n) is 8.22. The fraction of sp³-hybridized carbons (Fsp3) is 0.706. The van der Waals surface area contributed by atoms with Crippen LogP contribution in [0.25, 0.3) is 0 Å². The molecule has 1 aromatic rings. The van der Waals surface area contributed by atoms with Crippen molar-refractivity contribution in [2.45, 2.75) is 39.7 Å². The van der Waals surface area contributed by atoms with Crippen molar-refractivity contribution in [2.75, 3.05) is 38.3 Å². The van der Waals surface area contributed by atoms with Gasteiger partial charge in [-0.05, 0) is 49.4 Å². The van der Waals surface area contributed by atoms with Gasteiger partial charge in [-0.3, -0.25) is 0 Å². The van der Waals surface area contributed by atoms with E-state index < -0.39 is 0 Å². The topological polar surface area (TPSA) is 37.4 Å². The smallest absolute Gasteiger partial charge is 0.128 e. The molecule has 2 heterocycles. The van der Waals surface area contributed by atoms with Crippen LogP contribution >= 0.6 is 0 Å². The average Bonchev–Trinajstić information content (AvgIpc) is 2.53. The fourth-order valence-corrected chi connectivity index (χ4v) is 2.81. The molecular weight excluding hydrogens is 262 g/mol. The Labute approximate surface area is 128 Å². The summed E-state index contributed by atoms with van der Waals surface area (Å²) in [7, 11) is 2.15. The first kappa shape index (κ1) is 16.2. The molecule has 0 bridgehead atoms. The van der Waals surface area contributed by atoms with Crippen molar-refractivity contribution in [3.05, 3.63) is 23.4 Å². The number of nitrogens with zero attached hydrogens (tertiary/aromatic N) is 2. The third-order valence-electron chi connectivity index (χ3n) is 4.04. The number of ether oxygens (including phenoxy) is 1. The number of hydrogen-bond acceptors (Lipinski definition) is 4. The van der Waals surface area contributed by atoms with Crippen LogP contribution in [0.15, 0.2) is 12.1 Å². The van der Waals surface area contributed by atoms with Gasteiger partial charge >= 0.3 is 0 Å². The molecule has 0 amide bonds. The van der Waals surface area contributed by atoms with Crippen molar-refractivity contribution in [1.29, 1.82) is 0 Å². The van der Waals surface area contributed by atoms with Crippen LogP contribution in [-0.4, -0.2) is 38.3 Å². The van der Waals surface area contributed by atoms with E-state index in [9.17, 15) is 0 Å². The maximum Gasteiger partial charge on any atom is 0.128 e. The summed E-state index contributed by atoms with van der Waals surface area (Å²) in [6, 6.07) is 4.43. The molecule has 0 saturated carbocycles. The van der Waals surface area contributed by atoms with Crippen LogP contribution in [0.5, 0.6) is 0 Å². The first-order valence-corrected chi connectivity index (χ1v) is 8.22. The van der Waals surface area contributed by atoms with Crippen LogP contribution in [0.1, 0.15) is 37.9 Å². The maximum atomic E-state index is 5.58. The Kier molecular flexibility index (Phi) is 6.46. The van der Waals surface area contributed by atoms with E-state index in [0.717, 1.165) is 45.1 Å². The Balaban J connectivity index is 2.05. The van der Waals surface area contributed by atoms with Gasteiger partial charge in [0.25, 0.3) is 0 Å². The van der Waals surface area contributed by atoms with Gasteiger partial charge in [-0.2, -0.15) is 0 Å². The molecule has 1 saturated heterocycles. The second kappa shape index (κ2) is 8.35. The van der Waals surface area contributed by atoms with E-state index in [-0.39, 0.29) is 0 Å². The molecule has 1 aliphatic heterocycles. The van der Waals surface area contributed by atoms with Gasteiger partial charge in [-0.15, -0.1) is 0 Å². The molecule has 0 aliphatic carbocycles. The summed E-state index contributed by atoms with van der Waals surface area (Å²) in [6.07, 6.45) is 3.43. The molecule has 1 atom stereocenters. The summed E-state index contributed by atoms with van der Waals surface area (Å²) in [5.41, 5.74) is 2.50. The summed E-state index contributed by atoms with van der Waals surface area (Å²) in [5, 5.41) is 3.40.